The van der Waals surface area contributed by atoms with Crippen molar-refractivity contribution in [2.24, 2.45) is 0 Å². The van der Waals surface area contributed by atoms with Crippen molar-refractivity contribution in [2.45, 2.75) is 19.8 Å². The zero-order valence-electron chi connectivity index (χ0n) is 10.1. The zero-order chi connectivity index (χ0) is 12.7. The molecule has 94 valence electrons. The second kappa shape index (κ2) is 6.80. The highest BCUT2D eigenvalue weighted by Crippen LogP contribution is 2.25. The number of nitrogens with one attached hydrogen (secondary N) is 1. The topological polar surface area (TPSA) is 77.3 Å². The van der Waals surface area contributed by atoms with E-state index < -0.39 is 4.92 Å². The van der Waals surface area contributed by atoms with Crippen LogP contribution in [0.1, 0.15) is 18.4 Å². The molecule has 1 aromatic heterocycles. The van der Waals surface area contributed by atoms with Gasteiger partial charge >= 0.3 is 5.69 Å². The van der Waals surface area contributed by atoms with Crippen LogP contribution in [0, 0.1) is 17.0 Å². The number of ether oxygens (including phenoxy) is 1. The number of aryl methyl sites for hydroxylation is 1. The standard InChI is InChI=1S/C11H17N3O3/c1-9-5-7-13-11(10(9)14(15)16)12-6-3-4-8-17-2/h5,7H,3-4,6,8H2,1-2H3,(H,12,13). The lowest BCUT2D eigenvalue weighted by molar-refractivity contribution is -0.384. The Morgan fingerprint density at radius 2 is 2.29 bits per heavy atom. The van der Waals surface area contributed by atoms with Gasteiger partial charge in [-0.3, -0.25) is 10.1 Å². The summed E-state index contributed by atoms with van der Waals surface area (Å²) in [7, 11) is 1.65. The molecule has 0 fully saturated rings. The maximum atomic E-state index is 10.9. The van der Waals surface area contributed by atoms with Gasteiger partial charge in [0.1, 0.15) is 0 Å². The van der Waals surface area contributed by atoms with E-state index in [1.807, 2.05) is 0 Å². The minimum atomic E-state index is -0.403. The van der Waals surface area contributed by atoms with Gasteiger partial charge in [-0.05, 0) is 25.8 Å². The molecule has 0 bridgehead atoms. The molecule has 0 aliphatic heterocycles. The molecule has 0 spiro atoms. The summed E-state index contributed by atoms with van der Waals surface area (Å²) in [5.74, 6) is 0.340. The molecule has 1 N–H and O–H groups in total. The van der Waals surface area contributed by atoms with E-state index in [0.717, 1.165) is 12.8 Å². The minimum Gasteiger partial charge on any atom is -0.385 e. The molecule has 0 radical (unpaired) electrons. The van der Waals surface area contributed by atoms with Crippen molar-refractivity contribution in [1.82, 2.24) is 4.98 Å². The number of nitrogens with zero attached hydrogens (tertiary/aromatic N) is 2. The Morgan fingerprint density at radius 1 is 1.53 bits per heavy atom. The van der Waals surface area contributed by atoms with Crippen molar-refractivity contribution >= 4 is 11.5 Å². The number of hydrogen-bond donors (Lipinski definition) is 1. The Kier molecular flexibility index (Phi) is 5.35. The summed E-state index contributed by atoms with van der Waals surface area (Å²) in [6.45, 7) is 3.06. The van der Waals surface area contributed by atoms with Gasteiger partial charge in [-0.25, -0.2) is 4.98 Å². The van der Waals surface area contributed by atoms with Crippen molar-refractivity contribution in [3.05, 3.63) is 27.9 Å². The van der Waals surface area contributed by atoms with Crippen molar-refractivity contribution in [3.63, 3.8) is 0 Å². The molecule has 17 heavy (non-hydrogen) atoms. The molecule has 0 saturated carbocycles. The summed E-state index contributed by atoms with van der Waals surface area (Å²) in [5, 5.41) is 13.9. The van der Waals surface area contributed by atoms with Crippen LogP contribution in [0.3, 0.4) is 0 Å². The monoisotopic (exact) mass is 239 g/mol. The van der Waals surface area contributed by atoms with Gasteiger partial charge in [0.2, 0.25) is 5.82 Å². The van der Waals surface area contributed by atoms with Gasteiger partial charge in [0.25, 0.3) is 0 Å². The molecular formula is C11H17N3O3. The Balaban J connectivity index is 2.58. The lowest BCUT2D eigenvalue weighted by Crippen LogP contribution is -2.07. The van der Waals surface area contributed by atoms with E-state index in [1.165, 1.54) is 0 Å². The van der Waals surface area contributed by atoms with Crippen LogP contribution in [0.2, 0.25) is 0 Å². The number of rotatable bonds is 7. The SMILES string of the molecule is COCCCCNc1nccc(C)c1[N+](=O)[O-]. The van der Waals surface area contributed by atoms with E-state index >= 15 is 0 Å². The molecule has 0 saturated heterocycles. The number of nitro groups is 1. The fourth-order valence-electron chi connectivity index (χ4n) is 1.49. The zero-order valence-corrected chi connectivity index (χ0v) is 10.1. The number of hydrogen-bond acceptors (Lipinski definition) is 5. The first-order valence-corrected chi connectivity index (χ1v) is 5.49. The summed E-state index contributed by atoms with van der Waals surface area (Å²) < 4.78 is 4.92. The number of unbranched alkanes of at least 4 members (excludes halogenated alkanes) is 1. The normalized spacial score (nSPS) is 10.2. The Morgan fingerprint density at radius 3 is 2.94 bits per heavy atom. The Bertz CT molecular complexity index is 382. The summed E-state index contributed by atoms with van der Waals surface area (Å²) in [5.41, 5.74) is 0.670. The summed E-state index contributed by atoms with van der Waals surface area (Å²) >= 11 is 0. The van der Waals surface area contributed by atoms with E-state index in [-0.39, 0.29) is 5.69 Å². The van der Waals surface area contributed by atoms with Crippen LogP contribution in [0.15, 0.2) is 12.3 Å². The first kappa shape index (κ1) is 13.4. The van der Waals surface area contributed by atoms with Crippen LogP contribution in [-0.2, 0) is 4.74 Å². The van der Waals surface area contributed by atoms with Crippen LogP contribution in [0.5, 0.6) is 0 Å². The maximum Gasteiger partial charge on any atom is 0.314 e. The van der Waals surface area contributed by atoms with Crippen LogP contribution in [0.25, 0.3) is 0 Å². The average Bonchev–Trinajstić information content (AvgIpc) is 2.28. The molecule has 0 atom stereocenters. The molecule has 0 aliphatic rings. The molecule has 1 aromatic rings. The third-order valence-corrected chi connectivity index (χ3v) is 2.38. The number of pyridine rings is 1. The van der Waals surface area contributed by atoms with Gasteiger partial charge in [-0.2, -0.15) is 0 Å². The number of anilines is 1. The third-order valence-electron chi connectivity index (χ3n) is 2.38. The molecule has 0 unspecified atom stereocenters. The highest BCUT2D eigenvalue weighted by atomic mass is 16.6. The van der Waals surface area contributed by atoms with Crippen LogP contribution >= 0.6 is 0 Å². The van der Waals surface area contributed by atoms with Crippen molar-refractivity contribution in [1.29, 1.82) is 0 Å². The quantitative estimate of drug-likeness (QED) is 0.448. The largest absolute Gasteiger partial charge is 0.385 e. The van der Waals surface area contributed by atoms with E-state index in [4.69, 9.17) is 4.74 Å². The van der Waals surface area contributed by atoms with Gasteiger partial charge in [-0.1, -0.05) is 0 Å². The molecule has 0 aliphatic carbocycles. The lowest BCUT2D eigenvalue weighted by atomic mass is 10.2. The summed E-state index contributed by atoms with van der Waals surface area (Å²) in [4.78, 5) is 14.5. The molecule has 1 heterocycles. The summed E-state index contributed by atoms with van der Waals surface area (Å²) in [6.07, 6.45) is 3.38. The van der Waals surface area contributed by atoms with E-state index in [2.05, 4.69) is 10.3 Å². The molecule has 6 nitrogen and oxygen atoms in total. The van der Waals surface area contributed by atoms with Gasteiger partial charge < -0.3 is 10.1 Å². The highest BCUT2D eigenvalue weighted by Gasteiger charge is 2.17. The fraction of sp³-hybridized carbons (Fsp3) is 0.545. The number of aromatic nitrogens is 1. The van der Waals surface area contributed by atoms with E-state index in [9.17, 15) is 10.1 Å². The van der Waals surface area contributed by atoms with Crippen molar-refractivity contribution < 1.29 is 9.66 Å². The van der Waals surface area contributed by atoms with Crippen LogP contribution in [0.4, 0.5) is 11.5 Å². The number of methoxy groups -OCH3 is 1. The van der Waals surface area contributed by atoms with Crippen LogP contribution < -0.4 is 5.32 Å². The third kappa shape index (κ3) is 3.99. The lowest BCUT2D eigenvalue weighted by Gasteiger charge is -2.07. The summed E-state index contributed by atoms with van der Waals surface area (Å²) in [6, 6.07) is 1.63. The first-order chi connectivity index (χ1) is 8.16. The second-order valence-corrected chi connectivity index (χ2v) is 3.71. The second-order valence-electron chi connectivity index (χ2n) is 3.71. The van der Waals surface area contributed by atoms with E-state index in [0.29, 0.717) is 24.5 Å². The average molecular weight is 239 g/mol. The molecule has 0 aromatic carbocycles. The first-order valence-electron chi connectivity index (χ1n) is 5.49. The van der Waals surface area contributed by atoms with Gasteiger partial charge in [0.15, 0.2) is 0 Å². The Hall–Kier alpha value is -1.69. The van der Waals surface area contributed by atoms with Gasteiger partial charge in [-0.15, -0.1) is 0 Å². The van der Waals surface area contributed by atoms with Gasteiger partial charge in [0.05, 0.1) is 4.92 Å². The predicted molar refractivity (Wildman–Crippen MR) is 65.2 cm³/mol. The van der Waals surface area contributed by atoms with Gasteiger partial charge in [0, 0.05) is 32.0 Å². The highest BCUT2D eigenvalue weighted by molar-refractivity contribution is 5.59. The molecule has 1 rings (SSSR count). The molecular weight excluding hydrogens is 222 g/mol. The maximum absolute atomic E-state index is 10.9. The molecule has 0 amide bonds. The minimum absolute atomic E-state index is 0.0549. The van der Waals surface area contributed by atoms with Crippen molar-refractivity contribution in [3.8, 4) is 0 Å². The Labute approximate surface area is 100 Å². The fourth-order valence-corrected chi connectivity index (χ4v) is 1.49. The molecule has 6 heteroatoms. The predicted octanol–water partition coefficient (Wildman–Crippen LogP) is 2.14. The van der Waals surface area contributed by atoms with Crippen LogP contribution in [-0.4, -0.2) is 30.2 Å². The van der Waals surface area contributed by atoms with E-state index in [1.54, 1.807) is 26.3 Å². The smallest absolute Gasteiger partial charge is 0.314 e. The van der Waals surface area contributed by atoms with Crippen molar-refractivity contribution in [2.75, 3.05) is 25.6 Å².